The van der Waals surface area contributed by atoms with Crippen LogP contribution in [0.15, 0.2) is 29.2 Å². The predicted molar refractivity (Wildman–Crippen MR) is 82.9 cm³/mol. The smallest absolute Gasteiger partial charge is 0.256 e. The first-order chi connectivity index (χ1) is 9.93. The second kappa shape index (κ2) is 6.28. The second-order valence-corrected chi connectivity index (χ2v) is 5.31. The molecule has 5 nitrogen and oxygen atoms in total. The summed E-state index contributed by atoms with van der Waals surface area (Å²) in [7, 11) is 0. The van der Waals surface area contributed by atoms with E-state index in [1.165, 1.54) is 6.20 Å². The number of hydrogen-bond acceptors (Lipinski definition) is 3. The van der Waals surface area contributed by atoms with Crippen LogP contribution >= 0.6 is 11.6 Å². The number of nitrogens with one attached hydrogen (secondary N) is 1. The van der Waals surface area contributed by atoms with Gasteiger partial charge in [-0.3, -0.25) is 9.59 Å². The highest BCUT2D eigenvalue weighted by molar-refractivity contribution is 6.31. The number of carbonyl (C=O) groups is 1. The maximum absolute atomic E-state index is 12.4. The van der Waals surface area contributed by atoms with E-state index in [9.17, 15) is 14.7 Å². The molecule has 1 unspecified atom stereocenters. The van der Waals surface area contributed by atoms with Gasteiger partial charge in [0.25, 0.3) is 5.91 Å². The van der Waals surface area contributed by atoms with E-state index in [0.717, 1.165) is 5.52 Å². The van der Waals surface area contributed by atoms with Crippen LogP contribution in [0.3, 0.4) is 0 Å². The Bertz CT molecular complexity index is 738. The number of amides is 1. The molecular weight excluding hydrogens is 292 g/mol. The van der Waals surface area contributed by atoms with Gasteiger partial charge in [0.05, 0.1) is 11.6 Å². The average Bonchev–Trinajstić information content (AvgIpc) is 2.45. The van der Waals surface area contributed by atoms with E-state index >= 15 is 0 Å². The van der Waals surface area contributed by atoms with Crippen LogP contribution in [0, 0.1) is 0 Å². The first-order valence-electron chi connectivity index (χ1n) is 6.73. The summed E-state index contributed by atoms with van der Waals surface area (Å²) >= 11 is 5.94. The number of aromatic nitrogens is 1. The van der Waals surface area contributed by atoms with Gasteiger partial charge in [0.1, 0.15) is 5.56 Å². The number of nitrogens with zero attached hydrogens (tertiary/aromatic N) is 1. The number of fused-ring (bicyclic) bond motifs is 1. The molecule has 1 amide bonds. The van der Waals surface area contributed by atoms with Gasteiger partial charge in [0.2, 0.25) is 5.43 Å². The van der Waals surface area contributed by atoms with Gasteiger partial charge in [-0.2, -0.15) is 0 Å². The van der Waals surface area contributed by atoms with Gasteiger partial charge < -0.3 is 15.0 Å². The molecule has 0 spiro atoms. The molecule has 6 heteroatoms. The van der Waals surface area contributed by atoms with Crippen molar-refractivity contribution in [1.82, 2.24) is 9.88 Å². The summed E-state index contributed by atoms with van der Waals surface area (Å²) in [6, 6.07) is 5.04. The zero-order chi connectivity index (χ0) is 15.6. The minimum Gasteiger partial charge on any atom is -0.392 e. The lowest BCUT2D eigenvalue weighted by Crippen LogP contribution is -2.34. The summed E-state index contributed by atoms with van der Waals surface area (Å²) in [4.78, 5) is 24.5. The Kier molecular flexibility index (Phi) is 4.65. The van der Waals surface area contributed by atoms with Crippen molar-refractivity contribution in [3.8, 4) is 0 Å². The fourth-order valence-electron chi connectivity index (χ4n) is 2.13. The standard InChI is InChI=1S/C15H17ClN2O3/c1-3-18-8-12(15(21)17-7-9(2)19)14(20)11-6-10(16)4-5-13(11)18/h4-6,8-9,19H,3,7H2,1-2H3,(H,17,21). The Hall–Kier alpha value is -1.85. The molecule has 0 fully saturated rings. The normalized spacial score (nSPS) is 12.4. The molecule has 0 aliphatic heterocycles. The first kappa shape index (κ1) is 15.5. The van der Waals surface area contributed by atoms with E-state index in [0.29, 0.717) is 17.0 Å². The average molecular weight is 309 g/mol. The number of rotatable bonds is 4. The first-order valence-corrected chi connectivity index (χ1v) is 7.10. The quantitative estimate of drug-likeness (QED) is 0.904. The molecular formula is C15H17ClN2O3. The third kappa shape index (κ3) is 3.25. The largest absolute Gasteiger partial charge is 0.392 e. The summed E-state index contributed by atoms with van der Waals surface area (Å²) < 4.78 is 1.82. The molecule has 112 valence electrons. The van der Waals surface area contributed by atoms with Gasteiger partial charge in [0, 0.05) is 29.7 Å². The van der Waals surface area contributed by atoms with Crippen molar-refractivity contribution in [3.05, 3.63) is 45.2 Å². The summed E-state index contributed by atoms with van der Waals surface area (Å²) in [5, 5.41) is 12.6. The molecule has 1 aromatic carbocycles. The fraction of sp³-hybridized carbons (Fsp3) is 0.333. The van der Waals surface area contributed by atoms with E-state index in [4.69, 9.17) is 11.6 Å². The van der Waals surface area contributed by atoms with E-state index in [1.54, 1.807) is 25.1 Å². The number of aliphatic hydroxyl groups is 1. The van der Waals surface area contributed by atoms with Crippen LogP contribution in [0.4, 0.5) is 0 Å². The molecule has 0 saturated carbocycles. The monoisotopic (exact) mass is 308 g/mol. The summed E-state index contributed by atoms with van der Waals surface area (Å²) in [5.74, 6) is -0.495. The number of halogens is 1. The molecule has 1 aromatic heterocycles. The highest BCUT2D eigenvalue weighted by Crippen LogP contribution is 2.17. The molecule has 1 atom stereocenters. The van der Waals surface area contributed by atoms with Crippen molar-refractivity contribution in [1.29, 1.82) is 0 Å². The zero-order valence-electron chi connectivity index (χ0n) is 11.9. The number of carbonyl (C=O) groups excluding carboxylic acids is 1. The fourth-order valence-corrected chi connectivity index (χ4v) is 2.30. The number of aliphatic hydroxyl groups excluding tert-OH is 1. The highest BCUT2D eigenvalue weighted by atomic mass is 35.5. The minimum absolute atomic E-state index is 0.0484. The van der Waals surface area contributed by atoms with Crippen LogP contribution in [0.1, 0.15) is 24.2 Å². The molecule has 0 saturated heterocycles. The Morgan fingerprint density at radius 1 is 1.48 bits per heavy atom. The second-order valence-electron chi connectivity index (χ2n) is 4.88. The topological polar surface area (TPSA) is 71.3 Å². The van der Waals surface area contributed by atoms with Crippen molar-refractivity contribution in [2.24, 2.45) is 0 Å². The molecule has 2 N–H and O–H groups in total. The Labute approximate surface area is 127 Å². The predicted octanol–water partition coefficient (Wildman–Crippen LogP) is 1.79. The number of pyridine rings is 1. The molecule has 1 heterocycles. The van der Waals surface area contributed by atoms with Crippen molar-refractivity contribution in [3.63, 3.8) is 0 Å². The molecule has 0 aliphatic carbocycles. The van der Waals surface area contributed by atoms with E-state index < -0.39 is 12.0 Å². The Morgan fingerprint density at radius 3 is 2.81 bits per heavy atom. The van der Waals surface area contributed by atoms with Gasteiger partial charge in [-0.25, -0.2) is 0 Å². The van der Waals surface area contributed by atoms with Crippen LogP contribution in [0.5, 0.6) is 0 Å². The maximum Gasteiger partial charge on any atom is 0.256 e. The number of hydrogen-bond donors (Lipinski definition) is 2. The van der Waals surface area contributed by atoms with Crippen molar-refractivity contribution < 1.29 is 9.90 Å². The highest BCUT2D eigenvalue weighted by Gasteiger charge is 2.15. The Morgan fingerprint density at radius 2 is 2.19 bits per heavy atom. The lowest BCUT2D eigenvalue weighted by Gasteiger charge is -2.12. The van der Waals surface area contributed by atoms with Crippen LogP contribution in [0.25, 0.3) is 10.9 Å². The maximum atomic E-state index is 12.4. The SMILES string of the molecule is CCn1cc(C(=O)NCC(C)O)c(=O)c2cc(Cl)ccc21. The molecule has 0 radical (unpaired) electrons. The molecule has 0 aliphatic rings. The third-order valence-corrected chi connectivity index (χ3v) is 3.42. The van der Waals surface area contributed by atoms with Crippen LogP contribution in [-0.4, -0.2) is 28.2 Å². The molecule has 0 bridgehead atoms. The van der Waals surface area contributed by atoms with E-state index in [1.807, 2.05) is 11.5 Å². The van der Waals surface area contributed by atoms with Crippen molar-refractivity contribution in [2.75, 3.05) is 6.54 Å². The number of benzene rings is 1. The zero-order valence-corrected chi connectivity index (χ0v) is 12.6. The third-order valence-electron chi connectivity index (χ3n) is 3.19. The van der Waals surface area contributed by atoms with Crippen LogP contribution in [-0.2, 0) is 6.54 Å². The van der Waals surface area contributed by atoms with Gasteiger partial charge in [-0.05, 0) is 32.0 Å². The summed E-state index contributed by atoms with van der Waals surface area (Å²) in [6.45, 7) is 4.20. The molecule has 2 rings (SSSR count). The Balaban J connectivity index is 2.57. The van der Waals surface area contributed by atoms with Gasteiger partial charge in [-0.1, -0.05) is 11.6 Å². The van der Waals surface area contributed by atoms with E-state index in [2.05, 4.69) is 5.32 Å². The van der Waals surface area contributed by atoms with Crippen LogP contribution < -0.4 is 10.7 Å². The lowest BCUT2D eigenvalue weighted by atomic mass is 10.1. The van der Waals surface area contributed by atoms with Crippen molar-refractivity contribution >= 4 is 28.4 Å². The van der Waals surface area contributed by atoms with Gasteiger partial charge >= 0.3 is 0 Å². The van der Waals surface area contributed by atoms with Gasteiger partial charge in [0.15, 0.2) is 0 Å². The molecule has 2 aromatic rings. The lowest BCUT2D eigenvalue weighted by molar-refractivity contribution is 0.0922. The summed E-state index contributed by atoms with van der Waals surface area (Å²) in [5.41, 5.74) is 0.423. The van der Waals surface area contributed by atoms with Crippen LogP contribution in [0.2, 0.25) is 5.02 Å². The van der Waals surface area contributed by atoms with Gasteiger partial charge in [-0.15, -0.1) is 0 Å². The summed E-state index contributed by atoms with van der Waals surface area (Å²) in [6.07, 6.45) is 0.868. The van der Waals surface area contributed by atoms with E-state index in [-0.39, 0.29) is 17.5 Å². The minimum atomic E-state index is -0.669. The van der Waals surface area contributed by atoms with Crippen molar-refractivity contribution in [2.45, 2.75) is 26.5 Å². The number of aryl methyl sites for hydroxylation is 1. The molecule has 21 heavy (non-hydrogen) atoms.